The molecule has 2 heterocycles. The van der Waals surface area contributed by atoms with Crippen LogP contribution in [-0.4, -0.2) is 59.1 Å². The van der Waals surface area contributed by atoms with Crippen LogP contribution in [0.1, 0.15) is 23.2 Å². The second-order valence-electron chi connectivity index (χ2n) is 7.27. The lowest BCUT2D eigenvalue weighted by Gasteiger charge is -2.44. The summed E-state index contributed by atoms with van der Waals surface area (Å²) in [6.07, 6.45) is 1.55. The first-order valence-electron chi connectivity index (χ1n) is 9.82. The van der Waals surface area contributed by atoms with Crippen molar-refractivity contribution in [2.24, 2.45) is 0 Å². The maximum absolute atomic E-state index is 13.2. The summed E-state index contributed by atoms with van der Waals surface area (Å²) in [6.45, 7) is 2.00. The minimum atomic E-state index is -0.232. The van der Waals surface area contributed by atoms with Crippen molar-refractivity contribution in [2.75, 3.05) is 37.8 Å². The zero-order valence-corrected chi connectivity index (χ0v) is 17.3. The van der Waals surface area contributed by atoms with Gasteiger partial charge in [0.2, 0.25) is 0 Å². The number of para-hydroxylation sites is 1. The molecule has 0 unspecified atom stereocenters. The van der Waals surface area contributed by atoms with E-state index >= 15 is 0 Å². The number of carbonyl (C=O) groups is 2. The maximum Gasteiger partial charge on any atom is 0.321 e. The zero-order chi connectivity index (χ0) is 20.3. The van der Waals surface area contributed by atoms with Gasteiger partial charge in [-0.05, 0) is 43.2 Å². The Labute approximate surface area is 175 Å². The van der Waals surface area contributed by atoms with Gasteiger partial charge in [-0.2, -0.15) is 0 Å². The Morgan fingerprint density at radius 3 is 2.52 bits per heavy atom. The number of amides is 3. The minimum absolute atomic E-state index is 0.0380. The fourth-order valence-corrected chi connectivity index (χ4v) is 5.46. The number of methoxy groups -OCH3 is 1. The van der Waals surface area contributed by atoms with Crippen LogP contribution in [0.4, 0.5) is 10.5 Å². The van der Waals surface area contributed by atoms with Crippen molar-refractivity contribution in [2.45, 2.75) is 17.7 Å². The highest BCUT2D eigenvalue weighted by atomic mass is 32.2. The van der Waals surface area contributed by atoms with Crippen molar-refractivity contribution in [3.05, 3.63) is 60.2 Å². The van der Waals surface area contributed by atoms with E-state index in [1.165, 1.54) is 0 Å². The van der Waals surface area contributed by atoms with E-state index in [0.717, 1.165) is 30.8 Å². The summed E-state index contributed by atoms with van der Waals surface area (Å²) < 4.78 is 5.27. The van der Waals surface area contributed by atoms with Crippen LogP contribution in [0.15, 0.2) is 54.6 Å². The Kier molecular flexibility index (Phi) is 5.67. The van der Waals surface area contributed by atoms with Gasteiger partial charge >= 0.3 is 6.03 Å². The molecular formula is C22H25N3O3S. The van der Waals surface area contributed by atoms with E-state index in [0.29, 0.717) is 24.4 Å². The summed E-state index contributed by atoms with van der Waals surface area (Å²) in [5, 5.41) is 2.95. The van der Waals surface area contributed by atoms with E-state index in [1.54, 1.807) is 13.2 Å². The SMILES string of the molecule is COc1cccc(C(=O)N2CCSC23CCN(C(=O)Nc2ccccc2)CC3)c1. The van der Waals surface area contributed by atoms with Crippen molar-refractivity contribution in [1.29, 1.82) is 0 Å². The maximum atomic E-state index is 13.2. The standard InChI is InChI=1S/C22H25N3O3S/c1-28-19-9-5-6-17(16-19)20(26)25-14-15-29-22(25)10-12-24(13-11-22)21(27)23-18-7-3-2-4-8-18/h2-9,16H,10-15H2,1H3,(H,23,27). The second kappa shape index (κ2) is 8.37. The highest BCUT2D eigenvalue weighted by molar-refractivity contribution is 8.00. The number of benzene rings is 2. The fourth-order valence-electron chi connectivity index (χ4n) is 4.00. The molecule has 1 spiro atoms. The highest BCUT2D eigenvalue weighted by Gasteiger charge is 2.47. The van der Waals surface area contributed by atoms with Crippen LogP contribution in [0.2, 0.25) is 0 Å². The van der Waals surface area contributed by atoms with E-state index < -0.39 is 0 Å². The molecule has 3 amide bonds. The zero-order valence-electron chi connectivity index (χ0n) is 16.5. The number of piperidine rings is 1. The van der Waals surface area contributed by atoms with Gasteiger partial charge in [0.25, 0.3) is 5.91 Å². The third-order valence-electron chi connectivity index (χ3n) is 5.60. The third kappa shape index (κ3) is 4.05. The molecule has 0 radical (unpaired) electrons. The molecule has 1 N–H and O–H groups in total. The lowest BCUT2D eigenvalue weighted by Crippen LogP contribution is -2.54. The van der Waals surface area contributed by atoms with Gasteiger partial charge in [0.15, 0.2) is 0 Å². The van der Waals surface area contributed by atoms with Crippen LogP contribution >= 0.6 is 11.8 Å². The average Bonchev–Trinajstić information content (AvgIpc) is 3.17. The van der Waals surface area contributed by atoms with E-state index in [-0.39, 0.29) is 16.8 Å². The number of anilines is 1. The van der Waals surface area contributed by atoms with Gasteiger partial charge in [0.05, 0.1) is 12.0 Å². The smallest absolute Gasteiger partial charge is 0.321 e. The van der Waals surface area contributed by atoms with Gasteiger partial charge in [-0.25, -0.2) is 4.79 Å². The minimum Gasteiger partial charge on any atom is -0.497 e. The van der Waals surface area contributed by atoms with Crippen LogP contribution in [0.25, 0.3) is 0 Å². The molecule has 152 valence electrons. The number of urea groups is 1. The van der Waals surface area contributed by atoms with E-state index in [9.17, 15) is 9.59 Å². The molecule has 7 heteroatoms. The molecule has 2 aliphatic heterocycles. The number of thioether (sulfide) groups is 1. The molecule has 0 bridgehead atoms. The van der Waals surface area contributed by atoms with Gasteiger partial charge < -0.3 is 19.9 Å². The molecule has 0 aromatic heterocycles. The summed E-state index contributed by atoms with van der Waals surface area (Å²) in [5.74, 6) is 1.64. The number of hydrogen-bond acceptors (Lipinski definition) is 4. The number of hydrogen-bond donors (Lipinski definition) is 1. The summed E-state index contributed by atoms with van der Waals surface area (Å²) in [6, 6.07) is 16.7. The molecule has 2 fully saturated rings. The number of nitrogens with zero attached hydrogens (tertiary/aromatic N) is 2. The second-order valence-corrected chi connectivity index (χ2v) is 8.72. The van der Waals surface area contributed by atoms with Gasteiger partial charge in [-0.3, -0.25) is 4.79 Å². The normalized spacial score (nSPS) is 18.0. The van der Waals surface area contributed by atoms with E-state index in [1.807, 2.05) is 70.1 Å². The Hall–Kier alpha value is -2.67. The molecule has 4 rings (SSSR count). The largest absolute Gasteiger partial charge is 0.497 e. The Bertz CT molecular complexity index is 882. The van der Waals surface area contributed by atoms with Crippen LogP contribution in [-0.2, 0) is 0 Å². The number of ether oxygens (including phenoxy) is 1. The topological polar surface area (TPSA) is 61.9 Å². The molecular weight excluding hydrogens is 386 g/mol. The number of nitrogens with one attached hydrogen (secondary N) is 1. The molecule has 0 aliphatic carbocycles. The molecule has 29 heavy (non-hydrogen) atoms. The number of carbonyl (C=O) groups excluding carboxylic acids is 2. The Morgan fingerprint density at radius 1 is 1.03 bits per heavy atom. The van der Waals surface area contributed by atoms with Crippen LogP contribution < -0.4 is 10.1 Å². The molecule has 2 saturated heterocycles. The van der Waals surface area contributed by atoms with Crippen molar-refractivity contribution in [3.63, 3.8) is 0 Å². The first kappa shape index (κ1) is 19.6. The quantitative estimate of drug-likeness (QED) is 0.832. The molecule has 6 nitrogen and oxygen atoms in total. The van der Waals surface area contributed by atoms with E-state index in [4.69, 9.17) is 4.74 Å². The van der Waals surface area contributed by atoms with Crippen molar-refractivity contribution in [3.8, 4) is 5.75 Å². The van der Waals surface area contributed by atoms with Gasteiger partial charge in [-0.1, -0.05) is 24.3 Å². The molecule has 2 aromatic rings. The summed E-state index contributed by atoms with van der Waals surface area (Å²) >= 11 is 1.84. The number of rotatable bonds is 3. The van der Waals surface area contributed by atoms with E-state index in [2.05, 4.69) is 5.32 Å². The Morgan fingerprint density at radius 2 is 1.79 bits per heavy atom. The average molecular weight is 412 g/mol. The van der Waals surface area contributed by atoms with Crippen molar-refractivity contribution < 1.29 is 14.3 Å². The Balaban J connectivity index is 1.42. The predicted molar refractivity (Wildman–Crippen MR) is 115 cm³/mol. The highest BCUT2D eigenvalue weighted by Crippen LogP contribution is 2.44. The third-order valence-corrected chi connectivity index (χ3v) is 7.15. The van der Waals surface area contributed by atoms with Crippen LogP contribution in [0.3, 0.4) is 0 Å². The first-order chi connectivity index (χ1) is 14.1. The van der Waals surface area contributed by atoms with Gasteiger partial charge in [0.1, 0.15) is 5.75 Å². The fraction of sp³-hybridized carbons (Fsp3) is 0.364. The van der Waals surface area contributed by atoms with Crippen molar-refractivity contribution >= 4 is 29.4 Å². The summed E-state index contributed by atoms with van der Waals surface area (Å²) in [7, 11) is 1.60. The predicted octanol–water partition coefficient (Wildman–Crippen LogP) is 3.91. The summed E-state index contributed by atoms with van der Waals surface area (Å²) in [5.41, 5.74) is 1.44. The van der Waals surface area contributed by atoms with Gasteiger partial charge in [0, 0.05) is 36.6 Å². The monoisotopic (exact) mass is 411 g/mol. The molecule has 2 aliphatic rings. The summed E-state index contributed by atoms with van der Waals surface area (Å²) in [4.78, 5) is 29.4. The van der Waals surface area contributed by atoms with Crippen LogP contribution in [0.5, 0.6) is 5.75 Å². The number of likely N-dealkylation sites (tertiary alicyclic amines) is 1. The van der Waals surface area contributed by atoms with Crippen molar-refractivity contribution in [1.82, 2.24) is 9.80 Å². The van der Waals surface area contributed by atoms with Crippen LogP contribution in [0, 0.1) is 0 Å². The van der Waals surface area contributed by atoms with Gasteiger partial charge in [-0.15, -0.1) is 11.8 Å². The lowest BCUT2D eigenvalue weighted by molar-refractivity contribution is 0.0585. The molecule has 2 aromatic carbocycles. The molecule has 0 atom stereocenters. The first-order valence-corrected chi connectivity index (χ1v) is 10.8. The lowest BCUT2D eigenvalue weighted by atomic mass is 10.0. The molecule has 0 saturated carbocycles.